The van der Waals surface area contributed by atoms with Crippen molar-refractivity contribution in [1.82, 2.24) is 4.90 Å². The largest absolute Gasteiger partial charge is 0.497 e. The fraction of sp³-hybridized carbons (Fsp3) is 0.429. The molecule has 1 aromatic heterocycles. The Bertz CT molecular complexity index is 854. The molecular formula is C21H25NO5. The Labute approximate surface area is 158 Å². The van der Waals surface area contributed by atoms with Gasteiger partial charge in [0.1, 0.15) is 17.3 Å². The number of benzene rings is 1. The highest BCUT2D eigenvalue weighted by Crippen LogP contribution is 2.35. The first-order chi connectivity index (χ1) is 12.8. The fourth-order valence-electron chi connectivity index (χ4n) is 3.60. The molecule has 1 fully saturated rings. The first kappa shape index (κ1) is 19.0. The van der Waals surface area contributed by atoms with Crippen molar-refractivity contribution in [3.05, 3.63) is 53.0 Å². The number of amides is 1. The Morgan fingerprint density at radius 1 is 1.26 bits per heavy atom. The first-order valence-electron chi connectivity index (χ1n) is 9.08. The number of ether oxygens (including phenoxy) is 1. The minimum absolute atomic E-state index is 0.178. The highest BCUT2D eigenvalue weighted by Gasteiger charge is 2.41. The summed E-state index contributed by atoms with van der Waals surface area (Å²) in [6.45, 7) is 6.30. The van der Waals surface area contributed by atoms with E-state index in [-0.39, 0.29) is 24.3 Å². The van der Waals surface area contributed by atoms with Gasteiger partial charge in [-0.1, -0.05) is 26.0 Å². The third-order valence-corrected chi connectivity index (χ3v) is 5.18. The van der Waals surface area contributed by atoms with Gasteiger partial charge in [-0.3, -0.25) is 9.59 Å². The second kappa shape index (κ2) is 7.47. The number of nitrogens with zero attached hydrogens (tertiary/aromatic N) is 1. The molecule has 1 aliphatic rings. The number of hydrogen-bond donors (Lipinski definition) is 1. The maximum atomic E-state index is 13.0. The zero-order valence-corrected chi connectivity index (χ0v) is 16.1. The van der Waals surface area contributed by atoms with Gasteiger partial charge in [0.15, 0.2) is 0 Å². The average molecular weight is 371 g/mol. The zero-order chi connectivity index (χ0) is 19.7. The van der Waals surface area contributed by atoms with Crippen molar-refractivity contribution in [2.45, 2.75) is 32.6 Å². The van der Waals surface area contributed by atoms with Crippen LogP contribution in [-0.2, 0) is 4.79 Å². The lowest BCUT2D eigenvalue weighted by Gasteiger charge is -2.16. The van der Waals surface area contributed by atoms with Gasteiger partial charge in [-0.2, -0.15) is 0 Å². The molecule has 6 heteroatoms. The van der Waals surface area contributed by atoms with E-state index in [9.17, 15) is 14.7 Å². The van der Waals surface area contributed by atoms with Gasteiger partial charge in [-0.05, 0) is 30.7 Å². The molecule has 2 atom stereocenters. The molecule has 6 nitrogen and oxygen atoms in total. The van der Waals surface area contributed by atoms with Crippen LogP contribution in [0.2, 0.25) is 0 Å². The highest BCUT2D eigenvalue weighted by atomic mass is 16.5. The highest BCUT2D eigenvalue weighted by molar-refractivity contribution is 5.96. The molecule has 3 rings (SSSR count). The second-order valence-electron chi connectivity index (χ2n) is 7.31. The van der Waals surface area contributed by atoms with Crippen LogP contribution in [0.1, 0.15) is 53.1 Å². The van der Waals surface area contributed by atoms with Gasteiger partial charge in [0.2, 0.25) is 0 Å². The average Bonchev–Trinajstić information content (AvgIpc) is 3.25. The molecule has 1 N–H and O–H groups in total. The first-order valence-corrected chi connectivity index (χ1v) is 9.08. The van der Waals surface area contributed by atoms with Crippen molar-refractivity contribution in [2.24, 2.45) is 5.92 Å². The Balaban J connectivity index is 1.88. The summed E-state index contributed by atoms with van der Waals surface area (Å²) < 4.78 is 10.9. The zero-order valence-electron chi connectivity index (χ0n) is 16.1. The van der Waals surface area contributed by atoms with E-state index in [1.165, 1.54) is 0 Å². The lowest BCUT2D eigenvalue weighted by molar-refractivity contribution is -0.141. The molecule has 1 aliphatic heterocycles. The van der Waals surface area contributed by atoms with E-state index < -0.39 is 11.9 Å². The van der Waals surface area contributed by atoms with Crippen LogP contribution in [0.3, 0.4) is 0 Å². The summed E-state index contributed by atoms with van der Waals surface area (Å²) >= 11 is 0. The third kappa shape index (κ3) is 3.70. The quantitative estimate of drug-likeness (QED) is 0.868. The number of carboxylic acids is 1. The van der Waals surface area contributed by atoms with E-state index in [0.29, 0.717) is 23.6 Å². The lowest BCUT2D eigenvalue weighted by atomic mass is 9.89. The van der Waals surface area contributed by atoms with Gasteiger partial charge in [-0.15, -0.1) is 0 Å². The number of hydrogen-bond acceptors (Lipinski definition) is 4. The number of likely N-dealkylation sites (tertiary alicyclic amines) is 1. The fourth-order valence-corrected chi connectivity index (χ4v) is 3.60. The SMILES string of the molecule is COc1cccc(C2CN(C(=O)c3cc(C(C)C)oc3C)CC2C(=O)O)c1. The summed E-state index contributed by atoms with van der Waals surface area (Å²) in [6, 6.07) is 9.16. The molecule has 0 spiro atoms. The van der Waals surface area contributed by atoms with Crippen molar-refractivity contribution in [2.75, 3.05) is 20.2 Å². The summed E-state index contributed by atoms with van der Waals surface area (Å²) in [7, 11) is 1.58. The van der Waals surface area contributed by atoms with Gasteiger partial charge in [0.25, 0.3) is 5.91 Å². The molecule has 1 saturated heterocycles. The predicted molar refractivity (Wildman–Crippen MR) is 100 cm³/mol. The van der Waals surface area contributed by atoms with Crippen LogP contribution in [0.15, 0.2) is 34.7 Å². The summed E-state index contributed by atoms with van der Waals surface area (Å²) in [5.41, 5.74) is 1.37. The van der Waals surface area contributed by atoms with Crippen molar-refractivity contribution in [1.29, 1.82) is 0 Å². The number of rotatable bonds is 5. The summed E-state index contributed by atoms with van der Waals surface area (Å²) in [5.74, 6) is 0.171. The van der Waals surface area contributed by atoms with Gasteiger partial charge in [0, 0.05) is 24.9 Å². The Morgan fingerprint density at radius 3 is 2.59 bits per heavy atom. The van der Waals surface area contributed by atoms with E-state index in [2.05, 4.69) is 0 Å². The third-order valence-electron chi connectivity index (χ3n) is 5.18. The molecule has 2 aromatic rings. The number of carbonyl (C=O) groups is 2. The molecule has 1 aromatic carbocycles. The topological polar surface area (TPSA) is 80.0 Å². The number of aryl methyl sites for hydroxylation is 1. The summed E-state index contributed by atoms with van der Waals surface area (Å²) in [4.78, 5) is 26.5. The van der Waals surface area contributed by atoms with Gasteiger partial charge in [0.05, 0.1) is 18.6 Å². The number of aliphatic carboxylic acids is 1. The van der Waals surface area contributed by atoms with Crippen molar-refractivity contribution >= 4 is 11.9 Å². The van der Waals surface area contributed by atoms with Crippen molar-refractivity contribution in [3.63, 3.8) is 0 Å². The van der Waals surface area contributed by atoms with E-state index in [4.69, 9.17) is 9.15 Å². The van der Waals surface area contributed by atoms with Crippen LogP contribution in [0, 0.1) is 12.8 Å². The smallest absolute Gasteiger partial charge is 0.308 e. The molecule has 0 bridgehead atoms. The molecule has 1 amide bonds. The molecule has 0 aliphatic carbocycles. The minimum Gasteiger partial charge on any atom is -0.497 e. The normalized spacial score (nSPS) is 19.5. The molecular weight excluding hydrogens is 346 g/mol. The molecule has 27 heavy (non-hydrogen) atoms. The predicted octanol–water partition coefficient (Wildman–Crippen LogP) is 3.66. The molecule has 0 radical (unpaired) electrons. The number of carbonyl (C=O) groups excluding carboxylic acids is 1. The van der Waals surface area contributed by atoms with Gasteiger partial charge < -0.3 is 19.2 Å². The minimum atomic E-state index is -0.898. The maximum Gasteiger partial charge on any atom is 0.308 e. The van der Waals surface area contributed by atoms with Crippen molar-refractivity contribution in [3.8, 4) is 5.75 Å². The second-order valence-corrected chi connectivity index (χ2v) is 7.31. The molecule has 2 heterocycles. The van der Waals surface area contributed by atoms with Crippen LogP contribution in [0.4, 0.5) is 0 Å². The Hall–Kier alpha value is -2.76. The van der Waals surface area contributed by atoms with Crippen LogP contribution in [0.25, 0.3) is 0 Å². The molecule has 0 saturated carbocycles. The van der Waals surface area contributed by atoms with E-state index in [1.54, 1.807) is 25.0 Å². The van der Waals surface area contributed by atoms with Gasteiger partial charge in [-0.25, -0.2) is 0 Å². The van der Waals surface area contributed by atoms with Gasteiger partial charge >= 0.3 is 5.97 Å². The Morgan fingerprint density at radius 2 is 2.00 bits per heavy atom. The van der Waals surface area contributed by atoms with E-state index >= 15 is 0 Å². The van der Waals surface area contributed by atoms with E-state index in [1.807, 2.05) is 38.1 Å². The summed E-state index contributed by atoms with van der Waals surface area (Å²) in [6.07, 6.45) is 0. The number of carboxylic acid groups (broad SMARTS) is 1. The Kier molecular flexibility index (Phi) is 5.26. The van der Waals surface area contributed by atoms with Crippen LogP contribution < -0.4 is 4.74 Å². The standard InChI is InChI=1S/C21H25NO5/c1-12(2)19-9-16(13(3)27-19)20(23)22-10-17(18(11-22)21(24)25)14-6-5-7-15(8-14)26-4/h5-9,12,17-18H,10-11H2,1-4H3,(H,24,25). The number of methoxy groups -OCH3 is 1. The van der Waals surface area contributed by atoms with Crippen LogP contribution in [0.5, 0.6) is 5.75 Å². The van der Waals surface area contributed by atoms with E-state index in [0.717, 1.165) is 11.3 Å². The van der Waals surface area contributed by atoms with Crippen LogP contribution in [-0.4, -0.2) is 42.1 Å². The number of furan rings is 1. The summed E-state index contributed by atoms with van der Waals surface area (Å²) in [5, 5.41) is 9.69. The monoisotopic (exact) mass is 371 g/mol. The van der Waals surface area contributed by atoms with Crippen molar-refractivity contribution < 1.29 is 23.8 Å². The lowest BCUT2D eigenvalue weighted by Crippen LogP contribution is -2.30. The van der Waals surface area contributed by atoms with Crippen LogP contribution >= 0.6 is 0 Å². The molecule has 2 unspecified atom stereocenters. The maximum absolute atomic E-state index is 13.0. The molecule has 144 valence electrons.